The maximum Gasteiger partial charge on any atom is 0.296 e. The summed E-state index contributed by atoms with van der Waals surface area (Å²) in [7, 11) is 0. The van der Waals surface area contributed by atoms with Crippen LogP contribution >= 0.6 is 0 Å². The van der Waals surface area contributed by atoms with Gasteiger partial charge in [0.05, 0.1) is 6.20 Å². The second-order valence-corrected chi connectivity index (χ2v) is 4.46. The Bertz CT molecular complexity index is 735. The summed E-state index contributed by atoms with van der Waals surface area (Å²) in [5, 5.41) is 5.84. The van der Waals surface area contributed by atoms with Gasteiger partial charge in [-0.25, -0.2) is 0 Å². The lowest BCUT2D eigenvalue weighted by Crippen LogP contribution is -2.30. The topological polar surface area (TPSA) is 46.3 Å². The molecule has 0 atom stereocenters. The lowest BCUT2D eigenvalue weighted by atomic mass is 10.1. The Morgan fingerprint density at radius 1 is 1.15 bits per heavy atom. The van der Waals surface area contributed by atoms with Crippen LogP contribution in [-0.4, -0.2) is 17.6 Å². The van der Waals surface area contributed by atoms with Crippen LogP contribution in [0.5, 0.6) is 0 Å². The van der Waals surface area contributed by atoms with Gasteiger partial charge in [-0.2, -0.15) is 0 Å². The molecule has 20 heavy (non-hydrogen) atoms. The summed E-state index contributed by atoms with van der Waals surface area (Å²) in [6, 6.07) is 15.6. The molecule has 1 amide bonds. The van der Waals surface area contributed by atoms with Crippen LogP contribution in [0, 0.1) is 0 Å². The largest absolute Gasteiger partial charge is 0.351 e. The summed E-state index contributed by atoms with van der Waals surface area (Å²) in [5.74, 6) is 0.0697. The number of anilines is 1. The molecule has 0 aliphatic carbocycles. The van der Waals surface area contributed by atoms with Crippen molar-refractivity contribution in [2.45, 2.75) is 6.92 Å². The van der Waals surface area contributed by atoms with E-state index in [1.807, 2.05) is 49.4 Å². The van der Waals surface area contributed by atoms with E-state index >= 15 is 0 Å². The molecule has 0 spiro atoms. The number of carbonyl (C=O) groups is 1. The number of fused-ring (bicyclic) bond motifs is 1. The second-order valence-electron chi connectivity index (χ2n) is 4.46. The van der Waals surface area contributed by atoms with Gasteiger partial charge >= 0.3 is 0 Å². The standard InChI is InChI=1S/C16H14N2O2/c1-2-18(16(19)15-9-10-17-20-15)14-8-7-12-5-3-4-6-13(12)11-14/h3-11H,2H2,1H3. The number of amides is 1. The van der Waals surface area contributed by atoms with Crippen molar-refractivity contribution < 1.29 is 9.32 Å². The Balaban J connectivity index is 2.01. The molecule has 0 fully saturated rings. The lowest BCUT2D eigenvalue weighted by molar-refractivity contribution is 0.0952. The monoisotopic (exact) mass is 266 g/mol. The first kappa shape index (κ1) is 12.4. The number of aromatic nitrogens is 1. The minimum atomic E-state index is -0.180. The van der Waals surface area contributed by atoms with Gasteiger partial charge in [0.2, 0.25) is 5.76 Å². The molecule has 0 N–H and O–H groups in total. The number of benzene rings is 2. The molecule has 0 saturated carbocycles. The van der Waals surface area contributed by atoms with Gasteiger partial charge in [-0.1, -0.05) is 35.5 Å². The van der Waals surface area contributed by atoms with E-state index in [1.165, 1.54) is 6.20 Å². The zero-order valence-electron chi connectivity index (χ0n) is 11.1. The molecule has 3 aromatic rings. The minimum absolute atomic E-state index is 0.180. The van der Waals surface area contributed by atoms with E-state index in [0.717, 1.165) is 16.5 Å². The summed E-state index contributed by atoms with van der Waals surface area (Å²) in [6.45, 7) is 2.50. The Kier molecular flexibility index (Phi) is 3.21. The fourth-order valence-corrected chi connectivity index (χ4v) is 2.25. The molecule has 0 aliphatic rings. The van der Waals surface area contributed by atoms with Crippen LogP contribution in [-0.2, 0) is 0 Å². The summed E-state index contributed by atoms with van der Waals surface area (Å²) in [5.41, 5.74) is 0.854. The van der Waals surface area contributed by atoms with Gasteiger partial charge in [0.1, 0.15) is 0 Å². The van der Waals surface area contributed by atoms with Crippen molar-refractivity contribution in [1.82, 2.24) is 5.16 Å². The van der Waals surface area contributed by atoms with Crippen LogP contribution in [0.2, 0.25) is 0 Å². The van der Waals surface area contributed by atoms with Crippen molar-refractivity contribution in [3.05, 3.63) is 60.5 Å². The van der Waals surface area contributed by atoms with Gasteiger partial charge < -0.3 is 9.42 Å². The molecule has 0 aliphatic heterocycles. The van der Waals surface area contributed by atoms with Crippen molar-refractivity contribution in [1.29, 1.82) is 0 Å². The number of carbonyl (C=O) groups excluding carboxylic acids is 1. The van der Waals surface area contributed by atoms with Gasteiger partial charge in [-0.05, 0) is 29.8 Å². The highest BCUT2D eigenvalue weighted by Gasteiger charge is 2.19. The minimum Gasteiger partial charge on any atom is -0.351 e. The Hall–Kier alpha value is -2.62. The molecule has 3 rings (SSSR count). The molecule has 1 heterocycles. The molecule has 2 aromatic carbocycles. The van der Waals surface area contributed by atoms with Crippen LogP contribution in [0.4, 0.5) is 5.69 Å². The number of nitrogens with zero attached hydrogens (tertiary/aromatic N) is 2. The van der Waals surface area contributed by atoms with Crippen LogP contribution in [0.25, 0.3) is 10.8 Å². The predicted octanol–water partition coefficient (Wildman–Crippen LogP) is 3.49. The van der Waals surface area contributed by atoms with Gasteiger partial charge in [-0.3, -0.25) is 4.79 Å². The fourth-order valence-electron chi connectivity index (χ4n) is 2.25. The molecule has 0 unspecified atom stereocenters. The molecule has 0 saturated heterocycles. The first-order valence-electron chi connectivity index (χ1n) is 6.51. The summed E-state index contributed by atoms with van der Waals surface area (Å²) < 4.78 is 4.95. The Morgan fingerprint density at radius 2 is 1.95 bits per heavy atom. The van der Waals surface area contributed by atoms with Crippen LogP contribution < -0.4 is 4.90 Å². The zero-order chi connectivity index (χ0) is 13.9. The zero-order valence-corrected chi connectivity index (χ0v) is 11.1. The second kappa shape index (κ2) is 5.17. The highest BCUT2D eigenvalue weighted by molar-refractivity contribution is 6.05. The highest BCUT2D eigenvalue weighted by atomic mass is 16.5. The number of hydrogen-bond acceptors (Lipinski definition) is 3. The average molecular weight is 266 g/mol. The van der Waals surface area contributed by atoms with E-state index in [4.69, 9.17) is 4.52 Å². The van der Waals surface area contributed by atoms with Gasteiger partial charge in [0.25, 0.3) is 5.91 Å². The van der Waals surface area contributed by atoms with E-state index < -0.39 is 0 Å². The smallest absolute Gasteiger partial charge is 0.296 e. The van der Waals surface area contributed by atoms with Crippen LogP contribution in [0.3, 0.4) is 0 Å². The van der Waals surface area contributed by atoms with E-state index in [-0.39, 0.29) is 11.7 Å². The summed E-state index contributed by atoms with van der Waals surface area (Å²) in [6.07, 6.45) is 1.47. The molecular formula is C16H14N2O2. The Morgan fingerprint density at radius 3 is 2.65 bits per heavy atom. The van der Waals surface area contributed by atoms with Crippen LogP contribution in [0.1, 0.15) is 17.5 Å². The van der Waals surface area contributed by atoms with Crippen LogP contribution in [0.15, 0.2) is 59.3 Å². The molecular weight excluding hydrogens is 252 g/mol. The molecule has 100 valence electrons. The maximum absolute atomic E-state index is 12.4. The lowest BCUT2D eigenvalue weighted by Gasteiger charge is -2.20. The third-order valence-electron chi connectivity index (χ3n) is 3.25. The number of rotatable bonds is 3. The molecule has 0 bridgehead atoms. The van der Waals surface area contributed by atoms with Crippen molar-refractivity contribution in [3.8, 4) is 0 Å². The third kappa shape index (κ3) is 2.16. The average Bonchev–Trinajstić information content (AvgIpc) is 3.02. The van der Waals surface area contributed by atoms with Gasteiger partial charge in [0, 0.05) is 18.3 Å². The first-order chi connectivity index (χ1) is 9.79. The Labute approximate surface area is 116 Å². The van der Waals surface area contributed by atoms with E-state index in [9.17, 15) is 4.79 Å². The molecule has 0 radical (unpaired) electrons. The summed E-state index contributed by atoms with van der Waals surface area (Å²) in [4.78, 5) is 14.0. The van der Waals surface area contributed by atoms with Gasteiger partial charge in [-0.15, -0.1) is 0 Å². The molecule has 1 aromatic heterocycles. The third-order valence-corrected chi connectivity index (χ3v) is 3.25. The quantitative estimate of drug-likeness (QED) is 0.729. The van der Waals surface area contributed by atoms with Gasteiger partial charge in [0.15, 0.2) is 0 Å². The van der Waals surface area contributed by atoms with E-state index in [2.05, 4.69) is 5.16 Å². The normalized spacial score (nSPS) is 10.7. The first-order valence-corrected chi connectivity index (χ1v) is 6.51. The number of hydrogen-bond donors (Lipinski definition) is 0. The molecule has 4 nitrogen and oxygen atoms in total. The maximum atomic E-state index is 12.4. The van der Waals surface area contributed by atoms with Crippen molar-refractivity contribution in [3.63, 3.8) is 0 Å². The van der Waals surface area contributed by atoms with Crippen molar-refractivity contribution in [2.24, 2.45) is 0 Å². The summed E-state index contributed by atoms with van der Waals surface area (Å²) >= 11 is 0. The van der Waals surface area contributed by atoms with E-state index in [0.29, 0.717) is 6.54 Å². The molecule has 4 heteroatoms. The van der Waals surface area contributed by atoms with Crippen molar-refractivity contribution in [2.75, 3.05) is 11.4 Å². The fraction of sp³-hybridized carbons (Fsp3) is 0.125. The highest BCUT2D eigenvalue weighted by Crippen LogP contribution is 2.23. The van der Waals surface area contributed by atoms with E-state index in [1.54, 1.807) is 11.0 Å². The predicted molar refractivity (Wildman–Crippen MR) is 77.8 cm³/mol. The SMILES string of the molecule is CCN(C(=O)c1ccno1)c1ccc2ccccc2c1. The van der Waals surface area contributed by atoms with Crippen molar-refractivity contribution >= 4 is 22.4 Å².